The molecule has 0 fully saturated rings. The van der Waals surface area contributed by atoms with E-state index in [0.717, 1.165) is 0 Å². The Balaban J connectivity index is 3.53. The van der Waals surface area contributed by atoms with E-state index in [2.05, 4.69) is 11.9 Å². The third-order valence-corrected chi connectivity index (χ3v) is 1.25. The smallest absolute Gasteiger partial charge is 0.407 e. The largest absolute Gasteiger partial charge is 0.449 e. The summed E-state index contributed by atoms with van der Waals surface area (Å²) in [6.45, 7) is 9.81. The number of hydrogen-bond donors (Lipinski definition) is 1. The van der Waals surface area contributed by atoms with Crippen LogP contribution in [0.5, 0.6) is 0 Å². The Morgan fingerprint density at radius 1 is 1.58 bits per heavy atom. The van der Waals surface area contributed by atoms with Crippen LogP contribution in [0.2, 0.25) is 0 Å². The summed E-state index contributed by atoms with van der Waals surface area (Å²) in [5.41, 5.74) is 0. The summed E-state index contributed by atoms with van der Waals surface area (Å²) in [6, 6.07) is -0.0373. The topological polar surface area (TPSA) is 38.3 Å². The summed E-state index contributed by atoms with van der Waals surface area (Å²) in [7, 11) is 0. The van der Waals surface area contributed by atoms with Gasteiger partial charge in [0.1, 0.15) is 0 Å². The molecule has 0 aromatic rings. The molecule has 0 aromatic heterocycles. The highest BCUT2D eigenvalue weighted by Crippen LogP contribution is 1.93. The van der Waals surface area contributed by atoms with E-state index >= 15 is 0 Å². The van der Waals surface area contributed by atoms with Gasteiger partial charge in [0, 0.05) is 6.04 Å². The van der Waals surface area contributed by atoms with Crippen molar-refractivity contribution in [2.45, 2.75) is 26.8 Å². The van der Waals surface area contributed by atoms with E-state index in [9.17, 15) is 4.79 Å². The lowest BCUT2D eigenvalue weighted by Crippen LogP contribution is -2.32. The SMILES string of the molecule is C=C[C@H](C)NC(=O)OCC(C)C. The van der Waals surface area contributed by atoms with Crippen LogP contribution >= 0.6 is 0 Å². The van der Waals surface area contributed by atoms with Gasteiger partial charge >= 0.3 is 6.09 Å². The van der Waals surface area contributed by atoms with Crippen LogP contribution < -0.4 is 5.32 Å². The first-order valence-electron chi connectivity index (χ1n) is 4.12. The van der Waals surface area contributed by atoms with Gasteiger partial charge in [0.25, 0.3) is 0 Å². The number of rotatable bonds is 4. The molecule has 0 aliphatic rings. The summed E-state index contributed by atoms with van der Waals surface area (Å²) < 4.78 is 4.88. The van der Waals surface area contributed by atoms with Crippen molar-refractivity contribution in [1.82, 2.24) is 5.32 Å². The van der Waals surface area contributed by atoms with E-state index < -0.39 is 0 Å². The van der Waals surface area contributed by atoms with Crippen LogP contribution in [-0.2, 0) is 4.74 Å². The van der Waals surface area contributed by atoms with Gasteiger partial charge in [-0.3, -0.25) is 0 Å². The zero-order chi connectivity index (χ0) is 9.56. The Morgan fingerprint density at radius 3 is 2.58 bits per heavy atom. The fourth-order valence-electron chi connectivity index (χ4n) is 0.529. The van der Waals surface area contributed by atoms with E-state index in [4.69, 9.17) is 4.74 Å². The lowest BCUT2D eigenvalue weighted by atomic mass is 10.2. The Hall–Kier alpha value is -0.990. The Labute approximate surface area is 73.8 Å². The summed E-state index contributed by atoms with van der Waals surface area (Å²) in [5, 5.41) is 2.61. The zero-order valence-corrected chi connectivity index (χ0v) is 7.96. The van der Waals surface area contributed by atoms with Crippen molar-refractivity contribution in [3.63, 3.8) is 0 Å². The highest BCUT2D eigenvalue weighted by atomic mass is 16.5. The summed E-state index contributed by atoms with van der Waals surface area (Å²) in [6.07, 6.45) is 1.27. The van der Waals surface area contributed by atoms with Crippen LogP contribution in [0, 0.1) is 5.92 Å². The molecule has 3 nitrogen and oxygen atoms in total. The molecule has 0 aliphatic carbocycles. The maximum absolute atomic E-state index is 10.9. The molecule has 3 heteroatoms. The molecule has 1 amide bonds. The molecule has 0 saturated carbocycles. The van der Waals surface area contributed by atoms with Crippen molar-refractivity contribution >= 4 is 6.09 Å². The van der Waals surface area contributed by atoms with Crippen molar-refractivity contribution in [2.75, 3.05) is 6.61 Å². The van der Waals surface area contributed by atoms with Gasteiger partial charge in [0.05, 0.1) is 6.61 Å². The molecule has 0 bridgehead atoms. The average Bonchev–Trinajstić information content (AvgIpc) is 2.00. The van der Waals surface area contributed by atoms with Crippen molar-refractivity contribution in [3.05, 3.63) is 12.7 Å². The number of carbonyl (C=O) groups is 1. The molecular formula is C9H17NO2. The van der Waals surface area contributed by atoms with Gasteiger partial charge in [0.15, 0.2) is 0 Å². The standard InChI is InChI=1S/C9H17NO2/c1-5-8(4)10-9(11)12-6-7(2)3/h5,7-8H,1,6H2,2-4H3,(H,10,11)/t8-/m0/s1. The van der Waals surface area contributed by atoms with Crippen molar-refractivity contribution in [2.24, 2.45) is 5.92 Å². The monoisotopic (exact) mass is 171 g/mol. The van der Waals surface area contributed by atoms with Gasteiger partial charge in [0.2, 0.25) is 0 Å². The number of nitrogens with one attached hydrogen (secondary N) is 1. The van der Waals surface area contributed by atoms with Crippen molar-refractivity contribution in [1.29, 1.82) is 0 Å². The van der Waals surface area contributed by atoms with Crippen LogP contribution in [0.25, 0.3) is 0 Å². The summed E-state index contributed by atoms with van der Waals surface area (Å²) >= 11 is 0. The Kier molecular flexibility index (Phi) is 5.17. The van der Waals surface area contributed by atoms with Crippen LogP contribution in [0.15, 0.2) is 12.7 Å². The molecule has 1 atom stereocenters. The van der Waals surface area contributed by atoms with E-state index in [1.807, 2.05) is 20.8 Å². The fraction of sp³-hybridized carbons (Fsp3) is 0.667. The highest BCUT2D eigenvalue weighted by Gasteiger charge is 2.05. The summed E-state index contributed by atoms with van der Waals surface area (Å²) in [4.78, 5) is 10.9. The molecule has 0 unspecified atom stereocenters. The molecule has 0 saturated heterocycles. The molecule has 0 aromatic carbocycles. The first kappa shape index (κ1) is 11.0. The zero-order valence-electron chi connectivity index (χ0n) is 7.96. The molecule has 0 aliphatic heterocycles. The molecule has 0 heterocycles. The van der Waals surface area contributed by atoms with Gasteiger partial charge in [-0.1, -0.05) is 19.9 Å². The average molecular weight is 171 g/mol. The van der Waals surface area contributed by atoms with E-state index in [1.54, 1.807) is 6.08 Å². The lowest BCUT2D eigenvalue weighted by molar-refractivity contribution is 0.131. The molecule has 1 N–H and O–H groups in total. The molecule has 0 rings (SSSR count). The van der Waals surface area contributed by atoms with Gasteiger partial charge in [-0.2, -0.15) is 0 Å². The van der Waals surface area contributed by atoms with Crippen molar-refractivity contribution < 1.29 is 9.53 Å². The Bertz CT molecular complexity index is 155. The van der Waals surface area contributed by atoms with Crippen LogP contribution in [0.3, 0.4) is 0 Å². The lowest BCUT2D eigenvalue weighted by Gasteiger charge is -2.10. The number of carbonyl (C=O) groups excluding carboxylic acids is 1. The minimum atomic E-state index is -0.379. The van der Waals surface area contributed by atoms with E-state index in [0.29, 0.717) is 12.5 Å². The normalized spacial score (nSPS) is 12.3. The van der Waals surface area contributed by atoms with E-state index in [-0.39, 0.29) is 12.1 Å². The second-order valence-electron chi connectivity index (χ2n) is 3.16. The Morgan fingerprint density at radius 2 is 2.17 bits per heavy atom. The highest BCUT2D eigenvalue weighted by molar-refractivity contribution is 5.67. The van der Waals surface area contributed by atoms with Crippen LogP contribution in [0.1, 0.15) is 20.8 Å². The van der Waals surface area contributed by atoms with Crippen LogP contribution in [0.4, 0.5) is 4.79 Å². The first-order valence-corrected chi connectivity index (χ1v) is 4.12. The van der Waals surface area contributed by atoms with Crippen LogP contribution in [-0.4, -0.2) is 18.7 Å². The van der Waals surface area contributed by atoms with Gasteiger partial charge < -0.3 is 10.1 Å². The molecule has 0 radical (unpaired) electrons. The predicted octanol–water partition coefficient (Wildman–Crippen LogP) is 1.94. The maximum atomic E-state index is 10.9. The summed E-state index contributed by atoms with van der Waals surface area (Å²) in [5.74, 6) is 0.370. The third-order valence-electron chi connectivity index (χ3n) is 1.25. The molecule has 12 heavy (non-hydrogen) atoms. The van der Waals surface area contributed by atoms with Crippen molar-refractivity contribution in [3.8, 4) is 0 Å². The number of alkyl carbamates (subject to hydrolysis) is 1. The molecule has 0 spiro atoms. The number of ether oxygens (including phenoxy) is 1. The molecule has 70 valence electrons. The van der Waals surface area contributed by atoms with Gasteiger partial charge in [-0.25, -0.2) is 4.79 Å². The van der Waals surface area contributed by atoms with Gasteiger partial charge in [-0.05, 0) is 12.8 Å². The predicted molar refractivity (Wildman–Crippen MR) is 49.0 cm³/mol. The van der Waals surface area contributed by atoms with E-state index in [1.165, 1.54) is 0 Å². The second-order valence-corrected chi connectivity index (χ2v) is 3.16. The third kappa shape index (κ3) is 5.77. The van der Waals surface area contributed by atoms with Gasteiger partial charge in [-0.15, -0.1) is 6.58 Å². The minimum absolute atomic E-state index is 0.0373. The number of hydrogen-bond acceptors (Lipinski definition) is 2. The quantitative estimate of drug-likeness (QED) is 0.656. The molecular weight excluding hydrogens is 154 g/mol. The number of amides is 1. The first-order chi connectivity index (χ1) is 5.56. The maximum Gasteiger partial charge on any atom is 0.407 e. The minimum Gasteiger partial charge on any atom is -0.449 e. The fourth-order valence-corrected chi connectivity index (χ4v) is 0.529. The second kappa shape index (κ2) is 5.63.